The Morgan fingerprint density at radius 1 is 0.971 bits per heavy atom. The second-order valence-corrected chi connectivity index (χ2v) is 8.24. The number of nitrogens with one attached hydrogen (secondary N) is 1. The van der Waals surface area contributed by atoms with Crippen LogP contribution < -0.4 is 10.5 Å². The molecular formula is C25H24N8O2. The van der Waals surface area contributed by atoms with E-state index in [0.717, 1.165) is 17.0 Å². The van der Waals surface area contributed by atoms with Crippen LogP contribution in [0, 0.1) is 0 Å². The SMILES string of the molecule is CCn1c(-c2ccncc2)nc2c(N3CCOCC3)nc(-n3[nH]c(-c4ccccc4)cc3=O)nc21. The number of fused-ring (bicyclic) bond motifs is 1. The van der Waals surface area contributed by atoms with Crippen molar-refractivity contribution < 1.29 is 4.74 Å². The van der Waals surface area contributed by atoms with Crippen LogP contribution in [-0.4, -0.2) is 60.6 Å². The van der Waals surface area contributed by atoms with Crippen molar-refractivity contribution in [2.24, 2.45) is 0 Å². The van der Waals surface area contributed by atoms with Crippen LogP contribution >= 0.6 is 0 Å². The standard InChI is InChI=1S/C25H24N8O2/c1-2-32-22(18-8-10-26-11-9-18)27-21-23(31-12-14-35-15-13-31)28-25(29-24(21)32)33-20(34)16-19(30-33)17-6-4-3-5-7-17/h3-11,16,30H,2,12-15H2,1H3. The fourth-order valence-electron chi connectivity index (χ4n) is 4.40. The molecule has 176 valence electrons. The number of benzene rings is 1. The van der Waals surface area contributed by atoms with Gasteiger partial charge in [0.2, 0.25) is 0 Å². The van der Waals surface area contributed by atoms with E-state index in [2.05, 4.69) is 21.9 Å². The maximum atomic E-state index is 13.0. The van der Waals surface area contributed by atoms with Crippen molar-refractivity contribution in [3.05, 3.63) is 71.3 Å². The van der Waals surface area contributed by atoms with Gasteiger partial charge in [-0.1, -0.05) is 30.3 Å². The molecule has 1 aliphatic heterocycles. The largest absolute Gasteiger partial charge is 0.378 e. The highest BCUT2D eigenvalue weighted by Gasteiger charge is 2.24. The van der Waals surface area contributed by atoms with Crippen LogP contribution in [0.3, 0.4) is 0 Å². The lowest BCUT2D eigenvalue weighted by Crippen LogP contribution is -2.37. The van der Waals surface area contributed by atoms with Crippen LogP contribution in [0.5, 0.6) is 0 Å². The highest BCUT2D eigenvalue weighted by Crippen LogP contribution is 2.30. The number of hydrogen-bond donors (Lipinski definition) is 1. The lowest BCUT2D eigenvalue weighted by Gasteiger charge is -2.28. The predicted molar refractivity (Wildman–Crippen MR) is 133 cm³/mol. The molecule has 0 spiro atoms. The molecule has 1 aromatic carbocycles. The van der Waals surface area contributed by atoms with E-state index in [-0.39, 0.29) is 11.5 Å². The minimum Gasteiger partial charge on any atom is -0.378 e. The predicted octanol–water partition coefficient (Wildman–Crippen LogP) is 2.89. The number of pyridine rings is 1. The summed E-state index contributed by atoms with van der Waals surface area (Å²) in [5, 5.41) is 3.18. The summed E-state index contributed by atoms with van der Waals surface area (Å²) >= 11 is 0. The summed E-state index contributed by atoms with van der Waals surface area (Å²) in [7, 11) is 0. The molecule has 35 heavy (non-hydrogen) atoms. The number of rotatable bonds is 5. The summed E-state index contributed by atoms with van der Waals surface area (Å²) in [6.07, 6.45) is 3.50. The fourth-order valence-corrected chi connectivity index (χ4v) is 4.40. The molecule has 1 fully saturated rings. The smallest absolute Gasteiger partial charge is 0.274 e. The number of aromatic amines is 1. The quantitative estimate of drug-likeness (QED) is 0.423. The van der Waals surface area contributed by atoms with Gasteiger partial charge in [-0.25, -0.2) is 4.98 Å². The van der Waals surface area contributed by atoms with Crippen molar-refractivity contribution in [2.75, 3.05) is 31.2 Å². The second-order valence-electron chi connectivity index (χ2n) is 8.24. The molecule has 0 radical (unpaired) electrons. The molecule has 0 unspecified atom stereocenters. The average molecular weight is 469 g/mol. The summed E-state index contributed by atoms with van der Waals surface area (Å²) in [4.78, 5) is 33.9. The first-order valence-electron chi connectivity index (χ1n) is 11.6. The monoisotopic (exact) mass is 468 g/mol. The van der Waals surface area contributed by atoms with Gasteiger partial charge in [0.05, 0.1) is 18.9 Å². The molecule has 5 heterocycles. The Hall–Kier alpha value is -4.31. The number of hydrogen-bond acceptors (Lipinski definition) is 7. The summed E-state index contributed by atoms with van der Waals surface area (Å²) < 4.78 is 9.00. The molecule has 0 saturated carbocycles. The number of morpholine rings is 1. The summed E-state index contributed by atoms with van der Waals surface area (Å²) in [5.41, 5.74) is 3.71. The molecular weight excluding hydrogens is 444 g/mol. The molecule has 0 atom stereocenters. The Kier molecular flexibility index (Phi) is 5.34. The average Bonchev–Trinajstić information content (AvgIpc) is 3.50. The third-order valence-electron chi connectivity index (χ3n) is 6.14. The Labute approximate surface area is 200 Å². The molecule has 1 saturated heterocycles. The molecule has 5 aromatic rings. The first kappa shape index (κ1) is 21.2. The Morgan fingerprint density at radius 2 is 1.74 bits per heavy atom. The van der Waals surface area contributed by atoms with Gasteiger partial charge in [-0.15, -0.1) is 0 Å². The third kappa shape index (κ3) is 3.77. The molecule has 0 aliphatic carbocycles. The molecule has 10 heteroatoms. The summed E-state index contributed by atoms with van der Waals surface area (Å²) in [5.74, 6) is 1.76. The zero-order chi connectivity index (χ0) is 23.8. The van der Waals surface area contributed by atoms with Gasteiger partial charge in [-0.05, 0) is 24.6 Å². The fraction of sp³-hybridized carbons (Fsp3) is 0.240. The van der Waals surface area contributed by atoms with Gasteiger partial charge in [-0.3, -0.25) is 14.9 Å². The zero-order valence-electron chi connectivity index (χ0n) is 19.3. The van der Waals surface area contributed by atoms with Gasteiger partial charge in [0.15, 0.2) is 17.0 Å². The Morgan fingerprint density at radius 3 is 2.49 bits per heavy atom. The maximum Gasteiger partial charge on any atom is 0.274 e. The molecule has 1 aliphatic rings. The number of aryl methyl sites for hydroxylation is 1. The highest BCUT2D eigenvalue weighted by molar-refractivity contribution is 5.87. The molecule has 4 aromatic heterocycles. The number of aromatic nitrogens is 7. The van der Waals surface area contributed by atoms with Crippen LogP contribution in [0.1, 0.15) is 6.92 Å². The number of H-pyrrole nitrogens is 1. The molecule has 0 bridgehead atoms. The van der Waals surface area contributed by atoms with Crippen molar-refractivity contribution in [3.63, 3.8) is 0 Å². The lowest BCUT2D eigenvalue weighted by atomic mass is 10.2. The van der Waals surface area contributed by atoms with Crippen molar-refractivity contribution in [1.29, 1.82) is 0 Å². The molecule has 0 amide bonds. The minimum atomic E-state index is -0.229. The molecule has 6 rings (SSSR count). The zero-order valence-corrected chi connectivity index (χ0v) is 19.3. The van der Waals surface area contributed by atoms with Gasteiger partial charge >= 0.3 is 0 Å². The number of ether oxygens (including phenoxy) is 1. The normalized spacial score (nSPS) is 14.0. The van der Waals surface area contributed by atoms with Crippen LogP contribution in [0.25, 0.3) is 39.8 Å². The minimum absolute atomic E-state index is 0.229. The van der Waals surface area contributed by atoms with E-state index in [1.165, 1.54) is 4.68 Å². The van der Waals surface area contributed by atoms with Gasteiger partial charge in [0.1, 0.15) is 5.82 Å². The van der Waals surface area contributed by atoms with Crippen LogP contribution in [0.4, 0.5) is 5.82 Å². The number of imidazole rings is 1. The van der Waals surface area contributed by atoms with Crippen LogP contribution in [0.15, 0.2) is 65.7 Å². The summed E-state index contributed by atoms with van der Waals surface area (Å²) in [6, 6.07) is 15.1. The van der Waals surface area contributed by atoms with Crippen molar-refractivity contribution in [1.82, 2.24) is 34.3 Å². The summed E-state index contributed by atoms with van der Waals surface area (Å²) in [6.45, 7) is 5.28. The maximum absolute atomic E-state index is 13.0. The van der Waals surface area contributed by atoms with Crippen LogP contribution in [0.2, 0.25) is 0 Å². The van der Waals surface area contributed by atoms with E-state index >= 15 is 0 Å². The van der Waals surface area contributed by atoms with E-state index in [1.54, 1.807) is 18.5 Å². The van der Waals surface area contributed by atoms with Crippen molar-refractivity contribution in [2.45, 2.75) is 13.5 Å². The van der Waals surface area contributed by atoms with Gasteiger partial charge in [0, 0.05) is 43.7 Å². The van der Waals surface area contributed by atoms with Crippen molar-refractivity contribution in [3.8, 4) is 28.6 Å². The van der Waals surface area contributed by atoms with E-state index in [9.17, 15) is 4.79 Å². The van der Waals surface area contributed by atoms with E-state index in [4.69, 9.17) is 19.7 Å². The third-order valence-corrected chi connectivity index (χ3v) is 6.14. The van der Waals surface area contributed by atoms with Gasteiger partial charge < -0.3 is 14.2 Å². The van der Waals surface area contributed by atoms with E-state index in [0.29, 0.717) is 55.5 Å². The topological polar surface area (TPSA) is 107 Å². The number of nitrogens with zero attached hydrogens (tertiary/aromatic N) is 7. The molecule has 10 nitrogen and oxygen atoms in total. The highest BCUT2D eigenvalue weighted by atomic mass is 16.5. The Bertz CT molecular complexity index is 1530. The lowest BCUT2D eigenvalue weighted by molar-refractivity contribution is 0.122. The Balaban J connectivity index is 1.57. The first-order valence-corrected chi connectivity index (χ1v) is 11.6. The van der Waals surface area contributed by atoms with Crippen molar-refractivity contribution >= 4 is 17.0 Å². The first-order chi connectivity index (χ1) is 17.2. The number of anilines is 1. The van der Waals surface area contributed by atoms with Gasteiger partial charge in [-0.2, -0.15) is 14.6 Å². The van der Waals surface area contributed by atoms with Gasteiger partial charge in [0.25, 0.3) is 11.5 Å². The van der Waals surface area contributed by atoms with E-state index < -0.39 is 0 Å². The second kappa shape index (κ2) is 8.80. The van der Waals surface area contributed by atoms with Crippen LogP contribution in [-0.2, 0) is 11.3 Å². The van der Waals surface area contributed by atoms with E-state index in [1.807, 2.05) is 47.0 Å². The molecule has 1 N–H and O–H groups in total.